The number of carbonyl (C=O) groups excluding carboxylic acids is 1. The van der Waals surface area contributed by atoms with Crippen molar-refractivity contribution in [3.8, 4) is 0 Å². The molecule has 0 aromatic heterocycles. The summed E-state index contributed by atoms with van der Waals surface area (Å²) < 4.78 is 0. The van der Waals surface area contributed by atoms with Crippen LogP contribution in [0.3, 0.4) is 0 Å². The van der Waals surface area contributed by atoms with Crippen LogP contribution in [-0.2, 0) is 4.79 Å². The first-order valence-electron chi connectivity index (χ1n) is 8.71. The molecule has 1 aromatic carbocycles. The zero-order valence-electron chi connectivity index (χ0n) is 15.2. The zero-order valence-corrected chi connectivity index (χ0v) is 15.2. The highest BCUT2D eigenvalue weighted by atomic mass is 16.2. The molecule has 0 aliphatic rings. The van der Waals surface area contributed by atoms with Gasteiger partial charge in [0.25, 0.3) is 0 Å². The van der Waals surface area contributed by atoms with Crippen LogP contribution in [0.25, 0.3) is 0 Å². The lowest BCUT2D eigenvalue weighted by atomic mass is 9.90. The van der Waals surface area contributed by atoms with E-state index < -0.39 is 6.04 Å². The molecule has 1 unspecified atom stereocenters. The van der Waals surface area contributed by atoms with E-state index in [1.165, 1.54) is 5.56 Å². The number of rotatable bonds is 9. The smallest absolute Gasteiger partial charge is 0.237 e. The van der Waals surface area contributed by atoms with E-state index in [0.717, 1.165) is 12.8 Å². The molecule has 23 heavy (non-hydrogen) atoms. The molecular weight excluding hydrogens is 286 g/mol. The Morgan fingerprint density at radius 1 is 1.13 bits per heavy atom. The van der Waals surface area contributed by atoms with Crippen LogP contribution in [0, 0.1) is 5.92 Å². The molecule has 0 radical (unpaired) electrons. The lowest BCUT2D eigenvalue weighted by Gasteiger charge is -2.37. The average molecular weight is 319 g/mol. The molecular formula is C19H33N3O. The van der Waals surface area contributed by atoms with Crippen molar-refractivity contribution in [2.75, 3.05) is 6.54 Å². The van der Waals surface area contributed by atoms with Gasteiger partial charge in [-0.25, -0.2) is 0 Å². The van der Waals surface area contributed by atoms with Gasteiger partial charge in [0, 0.05) is 18.1 Å². The van der Waals surface area contributed by atoms with Gasteiger partial charge in [0.2, 0.25) is 5.91 Å². The fourth-order valence-corrected chi connectivity index (χ4v) is 2.72. The molecule has 0 bridgehead atoms. The predicted octanol–water partition coefficient (Wildman–Crippen LogP) is 3.00. The minimum absolute atomic E-state index is 0.0690. The summed E-state index contributed by atoms with van der Waals surface area (Å²) in [5.74, 6) is 0.0734. The van der Waals surface area contributed by atoms with Crippen LogP contribution >= 0.6 is 0 Å². The number of benzene rings is 1. The van der Waals surface area contributed by atoms with Gasteiger partial charge in [-0.3, -0.25) is 4.79 Å². The van der Waals surface area contributed by atoms with Crippen molar-refractivity contribution >= 4 is 5.91 Å². The Kier molecular flexibility index (Phi) is 7.73. The first-order chi connectivity index (χ1) is 10.8. The Morgan fingerprint density at radius 3 is 2.17 bits per heavy atom. The van der Waals surface area contributed by atoms with E-state index in [-0.39, 0.29) is 23.4 Å². The van der Waals surface area contributed by atoms with Gasteiger partial charge in [-0.2, -0.15) is 0 Å². The summed E-state index contributed by atoms with van der Waals surface area (Å²) in [6.45, 7) is 11.0. The van der Waals surface area contributed by atoms with Crippen molar-refractivity contribution in [1.29, 1.82) is 0 Å². The van der Waals surface area contributed by atoms with Crippen molar-refractivity contribution < 1.29 is 4.79 Å². The van der Waals surface area contributed by atoms with Gasteiger partial charge < -0.3 is 16.4 Å². The second kappa shape index (κ2) is 9.04. The molecule has 4 heteroatoms. The largest absolute Gasteiger partial charge is 0.353 e. The van der Waals surface area contributed by atoms with Crippen LogP contribution in [-0.4, -0.2) is 24.0 Å². The summed E-state index contributed by atoms with van der Waals surface area (Å²) in [6, 6.07) is 10.2. The molecule has 1 rings (SSSR count). The second-order valence-electron chi connectivity index (χ2n) is 6.75. The number of hydrogen-bond donors (Lipinski definition) is 3. The molecule has 4 nitrogen and oxygen atoms in total. The maximum absolute atomic E-state index is 12.2. The Bertz CT molecular complexity index is 469. The molecule has 0 aliphatic heterocycles. The summed E-state index contributed by atoms with van der Waals surface area (Å²) >= 11 is 0. The maximum atomic E-state index is 12.2. The first-order valence-corrected chi connectivity index (χ1v) is 8.71. The molecule has 0 saturated heterocycles. The number of nitrogens with one attached hydrogen (secondary N) is 2. The van der Waals surface area contributed by atoms with E-state index in [2.05, 4.69) is 55.7 Å². The molecule has 1 amide bonds. The van der Waals surface area contributed by atoms with Crippen molar-refractivity contribution in [1.82, 2.24) is 10.6 Å². The van der Waals surface area contributed by atoms with E-state index in [1.807, 2.05) is 19.9 Å². The first kappa shape index (κ1) is 19.7. The minimum Gasteiger partial charge on any atom is -0.353 e. The van der Waals surface area contributed by atoms with Gasteiger partial charge in [-0.1, -0.05) is 58.0 Å². The van der Waals surface area contributed by atoms with Crippen LogP contribution in [0.4, 0.5) is 0 Å². The predicted molar refractivity (Wildman–Crippen MR) is 97.1 cm³/mol. The van der Waals surface area contributed by atoms with E-state index in [1.54, 1.807) is 0 Å². The SMILES string of the molecule is CCC(CC)(CNC(=O)[C@@H](N)C(C)C)NC(C)c1ccccc1. The highest BCUT2D eigenvalue weighted by molar-refractivity contribution is 5.81. The summed E-state index contributed by atoms with van der Waals surface area (Å²) in [5, 5.41) is 6.75. The van der Waals surface area contributed by atoms with Crippen LogP contribution in [0.1, 0.15) is 59.1 Å². The van der Waals surface area contributed by atoms with Crippen LogP contribution in [0.15, 0.2) is 30.3 Å². The van der Waals surface area contributed by atoms with E-state index in [9.17, 15) is 4.79 Å². The molecule has 0 saturated carbocycles. The van der Waals surface area contributed by atoms with Crippen LogP contribution in [0.2, 0.25) is 0 Å². The number of nitrogens with two attached hydrogens (primary N) is 1. The fraction of sp³-hybridized carbons (Fsp3) is 0.632. The zero-order chi connectivity index (χ0) is 17.5. The fourth-order valence-electron chi connectivity index (χ4n) is 2.72. The molecule has 0 aliphatic carbocycles. The summed E-state index contributed by atoms with van der Waals surface area (Å²) in [5.41, 5.74) is 7.06. The molecule has 4 N–H and O–H groups in total. The van der Waals surface area contributed by atoms with E-state index in [0.29, 0.717) is 6.54 Å². The number of amides is 1. The van der Waals surface area contributed by atoms with Gasteiger partial charge >= 0.3 is 0 Å². The van der Waals surface area contributed by atoms with Crippen molar-refractivity contribution in [3.05, 3.63) is 35.9 Å². The summed E-state index contributed by atoms with van der Waals surface area (Å²) in [7, 11) is 0. The normalized spacial score (nSPS) is 14.6. The Morgan fingerprint density at radius 2 is 1.70 bits per heavy atom. The van der Waals surface area contributed by atoms with E-state index >= 15 is 0 Å². The van der Waals surface area contributed by atoms with Gasteiger partial charge in [0.1, 0.15) is 0 Å². The van der Waals surface area contributed by atoms with Crippen LogP contribution < -0.4 is 16.4 Å². The molecule has 0 spiro atoms. The summed E-state index contributed by atoms with van der Waals surface area (Å²) in [6.07, 6.45) is 1.88. The highest BCUT2D eigenvalue weighted by Gasteiger charge is 2.29. The topological polar surface area (TPSA) is 67.2 Å². The highest BCUT2D eigenvalue weighted by Crippen LogP contribution is 2.21. The van der Waals surface area contributed by atoms with Crippen molar-refractivity contribution in [3.63, 3.8) is 0 Å². The van der Waals surface area contributed by atoms with Crippen molar-refractivity contribution in [2.45, 2.75) is 65.1 Å². The molecule has 130 valence electrons. The molecule has 0 heterocycles. The quantitative estimate of drug-likeness (QED) is 0.655. The molecule has 1 aromatic rings. The third-order valence-electron chi connectivity index (χ3n) is 4.80. The third kappa shape index (κ3) is 5.63. The van der Waals surface area contributed by atoms with Gasteiger partial charge in [-0.15, -0.1) is 0 Å². The average Bonchev–Trinajstić information content (AvgIpc) is 2.58. The Hall–Kier alpha value is -1.39. The van der Waals surface area contributed by atoms with Gasteiger partial charge in [-0.05, 0) is 31.2 Å². The maximum Gasteiger partial charge on any atom is 0.237 e. The standard InChI is InChI=1S/C19H33N3O/c1-6-19(7-2,13-21-18(23)17(20)14(3)4)22-15(5)16-11-9-8-10-12-16/h8-12,14-15,17,22H,6-7,13,20H2,1-5H3,(H,21,23)/t15?,17-/m0/s1. The van der Waals surface area contributed by atoms with Gasteiger partial charge in [0.15, 0.2) is 0 Å². The lowest BCUT2D eigenvalue weighted by molar-refractivity contribution is -0.123. The Labute approximate surface area is 141 Å². The minimum atomic E-state index is -0.451. The van der Waals surface area contributed by atoms with Crippen LogP contribution in [0.5, 0.6) is 0 Å². The second-order valence-corrected chi connectivity index (χ2v) is 6.75. The number of carbonyl (C=O) groups is 1. The molecule has 2 atom stereocenters. The summed E-state index contributed by atoms with van der Waals surface area (Å²) in [4.78, 5) is 12.2. The number of hydrogen-bond acceptors (Lipinski definition) is 3. The third-order valence-corrected chi connectivity index (χ3v) is 4.80. The monoisotopic (exact) mass is 319 g/mol. The van der Waals surface area contributed by atoms with Gasteiger partial charge in [0.05, 0.1) is 6.04 Å². The van der Waals surface area contributed by atoms with Crippen molar-refractivity contribution in [2.24, 2.45) is 11.7 Å². The van der Waals surface area contributed by atoms with E-state index in [4.69, 9.17) is 5.73 Å². The lowest BCUT2D eigenvalue weighted by Crippen LogP contribution is -2.56. The Balaban J connectivity index is 2.73. The molecule has 0 fully saturated rings.